The van der Waals surface area contributed by atoms with Crippen LogP contribution in [0.1, 0.15) is 6.92 Å². The molecule has 0 bridgehead atoms. The van der Waals surface area contributed by atoms with Crippen molar-refractivity contribution in [2.45, 2.75) is 49.5 Å². The van der Waals surface area contributed by atoms with Gasteiger partial charge < -0.3 is 9.16 Å². The summed E-state index contributed by atoms with van der Waals surface area (Å²) in [6.07, 6.45) is -37.2. The van der Waals surface area contributed by atoms with Gasteiger partial charge in [-0.25, -0.2) is 4.79 Å². The summed E-state index contributed by atoms with van der Waals surface area (Å²) in [5, 5.41) is 0. The fourth-order valence-corrected chi connectivity index (χ4v) is 3.40. The molecule has 0 rings (SSSR count). The molecule has 0 aliphatic carbocycles. The molecule has 0 aromatic heterocycles. The zero-order valence-corrected chi connectivity index (χ0v) is 16.2. The average Bonchev–Trinajstić information content (AvgIpc) is 2.48. The first-order valence-corrected chi connectivity index (χ1v) is 8.88. The molecule has 0 saturated carbocycles. The first-order valence-electron chi connectivity index (χ1n) is 7.15. The highest BCUT2D eigenvalue weighted by atomic mass is 28.4. The van der Waals surface area contributed by atoms with Gasteiger partial charge in [0.1, 0.15) is 0 Å². The van der Waals surface area contributed by atoms with Gasteiger partial charge in [0.2, 0.25) is 0 Å². The van der Waals surface area contributed by atoms with Crippen LogP contribution in [0.15, 0.2) is 12.2 Å². The molecule has 23 heteroatoms. The fourth-order valence-electron chi connectivity index (χ4n) is 1.40. The van der Waals surface area contributed by atoms with Crippen LogP contribution in [0.4, 0.5) is 74.6 Å². The molecule has 0 heterocycles. The summed E-state index contributed by atoms with van der Waals surface area (Å²) in [6, 6.07) is 0. The van der Waals surface area contributed by atoms with Crippen LogP contribution >= 0.6 is 0 Å². The molecule has 0 radical (unpaired) electrons. The Morgan fingerprint density at radius 2 is 1.00 bits per heavy atom. The molecular formula is C11H5F17O5Si. The summed E-state index contributed by atoms with van der Waals surface area (Å²) in [5.74, 6) is -10.7. The second kappa shape index (κ2) is 8.96. The number of carbonyl (C=O) groups is 1. The molecule has 5 nitrogen and oxygen atoms in total. The number of hydrogen-bond acceptors (Lipinski definition) is 5. The van der Waals surface area contributed by atoms with E-state index < -0.39 is 62.9 Å². The van der Waals surface area contributed by atoms with Gasteiger partial charge in [-0.2, -0.15) is 48.3 Å². The Bertz CT molecular complexity index is 751. The third kappa shape index (κ3) is 6.84. The summed E-state index contributed by atoms with van der Waals surface area (Å²) < 4.78 is 228. The largest absolute Gasteiger partial charge is 0.604 e. The van der Waals surface area contributed by atoms with Gasteiger partial charge in [0, 0.05) is 5.57 Å². The van der Waals surface area contributed by atoms with E-state index in [-0.39, 0.29) is 0 Å². The molecule has 0 atom stereocenters. The third-order valence-corrected chi connectivity index (χ3v) is 5.39. The first-order chi connectivity index (χ1) is 14.4. The lowest BCUT2D eigenvalue weighted by Gasteiger charge is -2.40. The van der Waals surface area contributed by atoms with Crippen molar-refractivity contribution in [1.82, 2.24) is 0 Å². The lowest BCUT2D eigenvalue weighted by Crippen LogP contribution is -2.74. The van der Waals surface area contributed by atoms with E-state index in [1.54, 1.807) is 13.3 Å². The highest BCUT2D eigenvalue weighted by molar-refractivity contribution is 6.64. The molecule has 202 valence electrons. The van der Waals surface area contributed by atoms with E-state index >= 15 is 0 Å². The minimum Gasteiger partial charge on any atom is -0.393 e. The monoisotopic (exact) mass is 568 g/mol. The van der Waals surface area contributed by atoms with E-state index in [9.17, 15) is 79.4 Å². The predicted octanol–water partition coefficient (Wildman–Crippen LogP) is 5.69. The van der Waals surface area contributed by atoms with Crippen molar-refractivity contribution in [3.63, 3.8) is 0 Å². The Hall–Kier alpha value is -1.88. The quantitative estimate of drug-likeness (QED) is 0.155. The summed E-state index contributed by atoms with van der Waals surface area (Å²) in [5.41, 5.74) is -9.10. The van der Waals surface area contributed by atoms with Crippen molar-refractivity contribution in [2.24, 2.45) is 0 Å². The third-order valence-electron chi connectivity index (χ3n) is 2.80. The molecule has 0 aromatic carbocycles. The molecule has 0 aliphatic heterocycles. The molecular weight excluding hydrogens is 563 g/mol. The van der Waals surface area contributed by atoms with Crippen LogP contribution < -0.4 is 0 Å². The van der Waals surface area contributed by atoms with Crippen molar-refractivity contribution in [2.75, 3.05) is 0 Å². The topological polar surface area (TPSA) is 54.0 Å². The van der Waals surface area contributed by atoms with Crippen LogP contribution in [-0.2, 0) is 22.8 Å². The van der Waals surface area contributed by atoms with Gasteiger partial charge in [0.15, 0.2) is 0 Å². The minimum absolute atomic E-state index is 0.369. The Morgan fingerprint density at radius 3 is 1.26 bits per heavy atom. The zero-order chi connectivity index (χ0) is 28.0. The summed E-state index contributed by atoms with van der Waals surface area (Å²) >= 11 is 0. The van der Waals surface area contributed by atoms with Crippen molar-refractivity contribution in [3.05, 3.63) is 12.2 Å². The number of carbonyl (C=O) groups excluding carboxylic acids is 1. The van der Waals surface area contributed by atoms with E-state index in [1.807, 2.05) is 0 Å². The van der Waals surface area contributed by atoms with Crippen molar-refractivity contribution < 1.29 is 97.4 Å². The van der Waals surface area contributed by atoms with Gasteiger partial charge in [0.05, 0.1) is 0 Å². The number of halogens is 17. The van der Waals surface area contributed by atoms with Gasteiger partial charge in [-0.1, -0.05) is 6.58 Å². The van der Waals surface area contributed by atoms with E-state index in [0.29, 0.717) is 6.92 Å². The molecule has 0 aromatic rings. The lowest BCUT2D eigenvalue weighted by molar-refractivity contribution is -0.433. The Morgan fingerprint density at radius 1 is 0.647 bits per heavy atom. The van der Waals surface area contributed by atoms with Gasteiger partial charge in [-0.3, -0.25) is 8.85 Å². The van der Waals surface area contributed by atoms with Gasteiger partial charge in [0.25, 0.3) is 0 Å². The molecule has 0 aliphatic rings. The fraction of sp³-hybridized carbons (Fsp3) is 0.727. The zero-order valence-electron chi connectivity index (χ0n) is 15.2. The number of rotatable bonds is 9. The molecule has 0 saturated heterocycles. The highest BCUT2D eigenvalue weighted by Crippen LogP contribution is 2.54. The molecule has 0 fully saturated rings. The lowest BCUT2D eigenvalue weighted by atomic mass is 10.3. The molecule has 34 heavy (non-hydrogen) atoms. The Labute approximate surface area is 175 Å². The van der Waals surface area contributed by atoms with Crippen LogP contribution in [0.5, 0.6) is 0 Å². The number of esters is 1. The maximum absolute atomic E-state index is 14.2. The average molecular weight is 568 g/mol. The molecule has 0 spiro atoms. The predicted molar refractivity (Wildman–Crippen MR) is 67.9 cm³/mol. The van der Waals surface area contributed by atoms with Crippen molar-refractivity contribution >= 4 is 14.8 Å². The van der Waals surface area contributed by atoms with Crippen LogP contribution in [0.3, 0.4) is 0 Å². The number of hydrogen-bond donors (Lipinski definition) is 0. The van der Waals surface area contributed by atoms with Crippen molar-refractivity contribution in [1.29, 1.82) is 0 Å². The van der Waals surface area contributed by atoms with Crippen molar-refractivity contribution in [3.8, 4) is 0 Å². The molecule has 0 N–H and O–H groups in total. The van der Waals surface area contributed by atoms with Crippen LogP contribution in [0.25, 0.3) is 0 Å². The molecule has 0 unspecified atom stereocenters. The second-order valence-corrected chi connectivity index (χ2v) is 7.96. The SMILES string of the molecule is C=C(C)C(=O)OC(F)(F)C(F)(F)[Si](OC(F)(F)F)(OC(F)(F)F)OC(F)(F)C(F)(F)C(F)(F)F. The maximum atomic E-state index is 14.2. The van der Waals surface area contributed by atoms with E-state index in [1.165, 1.54) is 0 Å². The molecule has 0 amide bonds. The van der Waals surface area contributed by atoms with Crippen LogP contribution in [0.2, 0.25) is 0 Å². The first kappa shape index (κ1) is 32.1. The van der Waals surface area contributed by atoms with Gasteiger partial charge in [-0.15, -0.1) is 26.3 Å². The van der Waals surface area contributed by atoms with E-state index in [2.05, 4.69) is 11.3 Å². The minimum atomic E-state index is -9.73. The van der Waals surface area contributed by atoms with Gasteiger partial charge in [-0.05, 0) is 6.92 Å². The summed E-state index contributed by atoms with van der Waals surface area (Å²) in [6.45, 7) is 2.85. The standard InChI is InChI=1S/C11H5F17O5Si/c1-3(2)4(29)30-8(19,20)9(21,22)34(32-10(23,24)25,33-11(26,27)28)31-7(17,18)5(12,13)6(14,15)16/h1H2,2H3. The van der Waals surface area contributed by atoms with Crippen LogP contribution in [-0.4, -0.2) is 57.4 Å². The Balaban J connectivity index is 7.23. The maximum Gasteiger partial charge on any atom is 0.604 e. The smallest absolute Gasteiger partial charge is 0.393 e. The van der Waals surface area contributed by atoms with E-state index in [0.717, 1.165) is 0 Å². The summed E-state index contributed by atoms with van der Waals surface area (Å²) in [4.78, 5) is 11.0. The van der Waals surface area contributed by atoms with E-state index in [4.69, 9.17) is 0 Å². The summed E-state index contributed by atoms with van der Waals surface area (Å²) in [7, 11) is -9.73. The highest BCUT2D eigenvalue weighted by Gasteiger charge is 2.88. The Kier molecular flexibility index (Phi) is 8.47. The number of alkyl halides is 17. The van der Waals surface area contributed by atoms with Crippen LogP contribution in [0, 0.1) is 0 Å². The van der Waals surface area contributed by atoms with Gasteiger partial charge >= 0.3 is 57.4 Å². The second-order valence-electron chi connectivity index (χ2n) is 5.60. The normalized spacial score (nSPS) is 15.4. The number of ether oxygens (including phenoxy) is 1.